The fraction of sp³-hybridized carbons (Fsp3) is 0.700. The van der Waals surface area contributed by atoms with E-state index in [9.17, 15) is 5.11 Å². The van der Waals surface area contributed by atoms with Gasteiger partial charge in [0, 0.05) is 39.3 Å². The molecule has 1 aliphatic heterocycles. The van der Waals surface area contributed by atoms with E-state index >= 15 is 0 Å². The maximum atomic E-state index is 10.4. The van der Waals surface area contributed by atoms with Crippen LogP contribution in [0.2, 0.25) is 0 Å². The maximum absolute atomic E-state index is 10.4. The summed E-state index contributed by atoms with van der Waals surface area (Å²) >= 11 is 0. The van der Waals surface area contributed by atoms with Crippen molar-refractivity contribution in [3.63, 3.8) is 0 Å². The average Bonchev–Trinajstić information content (AvgIpc) is 2.55. The zero-order chi connectivity index (χ0) is 18.4. The lowest BCUT2D eigenvalue weighted by atomic mass is 9.85. The molecule has 1 aromatic carbocycles. The molecule has 1 aliphatic rings. The lowest BCUT2D eigenvalue weighted by Crippen LogP contribution is -2.49. The summed E-state index contributed by atoms with van der Waals surface area (Å²) in [5.74, 6) is 0.866. The molecule has 0 spiro atoms. The van der Waals surface area contributed by atoms with E-state index < -0.39 is 6.10 Å². The van der Waals surface area contributed by atoms with Gasteiger partial charge >= 0.3 is 0 Å². The molecule has 1 fully saturated rings. The van der Waals surface area contributed by atoms with Crippen LogP contribution >= 0.6 is 0 Å². The highest BCUT2D eigenvalue weighted by Gasteiger charge is 2.21. The minimum Gasteiger partial charge on any atom is -0.491 e. The second-order valence-electron chi connectivity index (χ2n) is 8.08. The highest BCUT2D eigenvalue weighted by atomic mass is 16.5. The fourth-order valence-corrected chi connectivity index (χ4v) is 3.23. The number of hydrogen-bond acceptors (Lipinski definition) is 5. The van der Waals surface area contributed by atoms with Crippen LogP contribution in [0.15, 0.2) is 18.2 Å². The summed E-state index contributed by atoms with van der Waals surface area (Å²) in [5, 5.41) is 19.4. The van der Waals surface area contributed by atoms with Gasteiger partial charge in [-0.1, -0.05) is 38.5 Å². The van der Waals surface area contributed by atoms with Crippen LogP contribution in [-0.2, 0) is 5.41 Å². The quantitative estimate of drug-likeness (QED) is 0.783. The molecule has 2 rings (SSSR count). The van der Waals surface area contributed by atoms with E-state index in [-0.39, 0.29) is 12.0 Å². The summed E-state index contributed by atoms with van der Waals surface area (Å²) in [7, 11) is 0. The molecule has 0 radical (unpaired) electrons. The topological polar surface area (TPSA) is 56.2 Å². The number of aliphatic hydroxyl groups excluding tert-OH is 2. The van der Waals surface area contributed by atoms with Crippen molar-refractivity contribution in [3.05, 3.63) is 29.3 Å². The molecule has 5 heteroatoms. The zero-order valence-corrected chi connectivity index (χ0v) is 16.2. The minimum atomic E-state index is -0.501. The van der Waals surface area contributed by atoms with Crippen LogP contribution < -0.4 is 4.74 Å². The van der Waals surface area contributed by atoms with Crippen molar-refractivity contribution in [2.24, 2.45) is 0 Å². The third-order valence-electron chi connectivity index (χ3n) is 4.72. The van der Waals surface area contributed by atoms with Gasteiger partial charge in [-0.2, -0.15) is 0 Å². The SMILES string of the molecule is Cc1ccc(OC[C@H](O)CN2CCN(CCO)CC2)c(C(C)(C)C)c1. The number of aryl methyl sites for hydroxylation is 1. The highest BCUT2D eigenvalue weighted by Crippen LogP contribution is 2.32. The molecule has 1 atom stereocenters. The Labute approximate surface area is 152 Å². The summed E-state index contributed by atoms with van der Waals surface area (Å²) in [5.41, 5.74) is 2.41. The standard InChI is InChI=1S/C20H34N2O3/c1-16-5-6-19(18(13-16)20(2,3)4)25-15-17(24)14-22-9-7-21(8-10-22)11-12-23/h5-6,13,17,23-24H,7-12,14-15H2,1-4H3/t17-/m1/s1. The Hall–Kier alpha value is -1.14. The smallest absolute Gasteiger partial charge is 0.123 e. The molecule has 0 saturated carbocycles. The molecule has 25 heavy (non-hydrogen) atoms. The van der Waals surface area contributed by atoms with Gasteiger partial charge in [0.15, 0.2) is 0 Å². The van der Waals surface area contributed by atoms with Gasteiger partial charge < -0.3 is 14.9 Å². The van der Waals surface area contributed by atoms with Crippen molar-refractivity contribution in [1.29, 1.82) is 0 Å². The van der Waals surface area contributed by atoms with Gasteiger partial charge in [0.05, 0.1) is 6.61 Å². The molecule has 142 valence electrons. The van der Waals surface area contributed by atoms with Gasteiger partial charge in [0.25, 0.3) is 0 Å². The lowest BCUT2D eigenvalue weighted by Gasteiger charge is -2.35. The van der Waals surface area contributed by atoms with E-state index in [0.29, 0.717) is 13.2 Å². The molecule has 0 bridgehead atoms. The van der Waals surface area contributed by atoms with Crippen LogP contribution in [0.25, 0.3) is 0 Å². The summed E-state index contributed by atoms with van der Waals surface area (Å²) in [6, 6.07) is 6.23. The number of rotatable bonds is 7. The van der Waals surface area contributed by atoms with E-state index in [4.69, 9.17) is 9.84 Å². The highest BCUT2D eigenvalue weighted by molar-refractivity contribution is 5.41. The van der Waals surface area contributed by atoms with Crippen LogP contribution in [0.3, 0.4) is 0 Å². The number of β-amino-alcohol motifs (C(OH)–C–C–N with tert-alkyl or cyclic N) is 2. The van der Waals surface area contributed by atoms with Gasteiger partial charge in [-0.25, -0.2) is 0 Å². The van der Waals surface area contributed by atoms with Crippen molar-refractivity contribution in [2.45, 2.75) is 39.2 Å². The van der Waals surface area contributed by atoms with E-state index in [0.717, 1.165) is 38.5 Å². The first kappa shape index (κ1) is 20.2. The van der Waals surface area contributed by atoms with Crippen LogP contribution in [0.4, 0.5) is 0 Å². The normalized spacial score (nSPS) is 18.3. The predicted molar refractivity (Wildman–Crippen MR) is 101 cm³/mol. The number of aliphatic hydroxyl groups is 2. The second kappa shape index (κ2) is 8.99. The van der Waals surface area contributed by atoms with Gasteiger partial charge in [-0.15, -0.1) is 0 Å². The third-order valence-corrected chi connectivity index (χ3v) is 4.72. The number of hydrogen-bond donors (Lipinski definition) is 2. The Balaban J connectivity index is 1.84. The molecule has 0 aromatic heterocycles. The first-order valence-electron chi connectivity index (χ1n) is 9.27. The molecule has 5 nitrogen and oxygen atoms in total. The molecular weight excluding hydrogens is 316 g/mol. The Bertz CT molecular complexity index is 534. The van der Waals surface area contributed by atoms with Gasteiger partial charge in [0.1, 0.15) is 18.5 Å². The summed E-state index contributed by atoms with van der Waals surface area (Å²) < 4.78 is 5.96. The Morgan fingerprint density at radius 2 is 1.76 bits per heavy atom. The second-order valence-corrected chi connectivity index (χ2v) is 8.08. The zero-order valence-electron chi connectivity index (χ0n) is 16.2. The average molecular weight is 351 g/mol. The van der Waals surface area contributed by atoms with Crippen LogP contribution in [0.5, 0.6) is 5.75 Å². The van der Waals surface area contributed by atoms with Gasteiger partial charge in [-0.05, 0) is 24.0 Å². The van der Waals surface area contributed by atoms with E-state index in [2.05, 4.69) is 49.6 Å². The predicted octanol–water partition coefficient (Wildman–Crippen LogP) is 1.64. The summed E-state index contributed by atoms with van der Waals surface area (Å²) in [4.78, 5) is 4.52. The van der Waals surface area contributed by atoms with Crippen molar-refractivity contribution in [2.75, 3.05) is 52.5 Å². The summed E-state index contributed by atoms with van der Waals surface area (Å²) in [6.45, 7) is 14.2. The van der Waals surface area contributed by atoms with Crippen LogP contribution in [0.1, 0.15) is 31.9 Å². The van der Waals surface area contributed by atoms with Gasteiger partial charge in [0.2, 0.25) is 0 Å². The lowest BCUT2D eigenvalue weighted by molar-refractivity contribution is 0.0424. The Morgan fingerprint density at radius 1 is 1.12 bits per heavy atom. The number of piperazine rings is 1. The Morgan fingerprint density at radius 3 is 2.36 bits per heavy atom. The molecular formula is C20H34N2O3. The molecule has 1 aromatic rings. The molecule has 1 heterocycles. The minimum absolute atomic E-state index is 0.00927. The van der Waals surface area contributed by atoms with E-state index in [1.54, 1.807) is 0 Å². The largest absolute Gasteiger partial charge is 0.491 e. The van der Waals surface area contributed by atoms with Crippen LogP contribution in [0, 0.1) is 6.92 Å². The third kappa shape index (κ3) is 6.26. The van der Waals surface area contributed by atoms with E-state index in [1.165, 1.54) is 11.1 Å². The molecule has 2 N–H and O–H groups in total. The molecule has 1 saturated heterocycles. The van der Waals surface area contributed by atoms with Crippen molar-refractivity contribution >= 4 is 0 Å². The summed E-state index contributed by atoms with van der Waals surface area (Å²) in [6.07, 6.45) is -0.501. The van der Waals surface area contributed by atoms with Crippen molar-refractivity contribution in [3.8, 4) is 5.75 Å². The van der Waals surface area contributed by atoms with E-state index in [1.807, 2.05) is 6.07 Å². The first-order valence-corrected chi connectivity index (χ1v) is 9.27. The number of benzene rings is 1. The number of ether oxygens (including phenoxy) is 1. The van der Waals surface area contributed by atoms with Crippen LogP contribution in [-0.4, -0.2) is 78.6 Å². The Kier molecular flexibility index (Phi) is 7.25. The molecule has 0 amide bonds. The molecule has 0 unspecified atom stereocenters. The number of nitrogens with zero attached hydrogens (tertiary/aromatic N) is 2. The maximum Gasteiger partial charge on any atom is 0.123 e. The molecule has 0 aliphatic carbocycles. The van der Waals surface area contributed by atoms with Gasteiger partial charge in [-0.3, -0.25) is 9.80 Å². The fourth-order valence-electron chi connectivity index (χ4n) is 3.23. The monoisotopic (exact) mass is 350 g/mol. The van der Waals surface area contributed by atoms with Crippen molar-refractivity contribution < 1.29 is 14.9 Å². The van der Waals surface area contributed by atoms with Crippen molar-refractivity contribution in [1.82, 2.24) is 9.80 Å². The first-order chi connectivity index (χ1) is 11.8.